The molecule has 1 aliphatic rings. The van der Waals surface area contributed by atoms with Crippen LogP contribution in [-0.4, -0.2) is 60.3 Å². The number of nitrogens with zero attached hydrogens (tertiary/aromatic N) is 2. The Labute approximate surface area is 224 Å². The van der Waals surface area contributed by atoms with Crippen molar-refractivity contribution >= 4 is 23.5 Å². The Morgan fingerprint density at radius 3 is 2.08 bits per heavy atom. The van der Waals surface area contributed by atoms with Gasteiger partial charge in [-0.05, 0) is 39.6 Å². The van der Waals surface area contributed by atoms with Gasteiger partial charge in [0.2, 0.25) is 0 Å². The second-order valence-corrected chi connectivity index (χ2v) is 10.2. The van der Waals surface area contributed by atoms with Crippen LogP contribution in [0.1, 0.15) is 28.3 Å². The van der Waals surface area contributed by atoms with Crippen molar-refractivity contribution in [2.24, 2.45) is 0 Å². The van der Waals surface area contributed by atoms with Crippen molar-refractivity contribution in [2.75, 3.05) is 39.3 Å². The molecule has 3 aromatic carbocycles. The third-order valence-electron chi connectivity index (χ3n) is 6.82. The molecule has 1 aliphatic heterocycles. The van der Waals surface area contributed by atoms with Gasteiger partial charge in [-0.3, -0.25) is 9.80 Å². The number of aliphatic hydroxyl groups is 1. The second kappa shape index (κ2) is 12.8. The van der Waals surface area contributed by atoms with Gasteiger partial charge in [-0.2, -0.15) is 11.3 Å². The lowest BCUT2D eigenvalue weighted by atomic mass is 9.96. The fourth-order valence-corrected chi connectivity index (χ4v) is 5.56. The summed E-state index contributed by atoms with van der Waals surface area (Å²) in [6, 6.07) is 31.8. The third-order valence-corrected chi connectivity index (χ3v) is 7.52. The fourth-order valence-electron chi connectivity index (χ4n) is 4.93. The highest BCUT2D eigenvalue weighted by atomic mass is 32.1. The van der Waals surface area contributed by atoms with E-state index in [-0.39, 0.29) is 12.6 Å². The number of thiophene rings is 1. The number of hydrogen-bond donors (Lipinski definition) is 1. The van der Waals surface area contributed by atoms with Crippen LogP contribution in [0.25, 0.3) is 12.2 Å². The maximum atomic E-state index is 10.8. The Balaban J connectivity index is 1.15. The van der Waals surface area contributed by atoms with E-state index in [9.17, 15) is 5.11 Å². The minimum Gasteiger partial charge on any atom is -0.490 e. The zero-order valence-corrected chi connectivity index (χ0v) is 21.8. The van der Waals surface area contributed by atoms with Crippen LogP contribution in [-0.2, 0) is 0 Å². The first-order chi connectivity index (χ1) is 18.3. The number of ether oxygens (including phenoxy) is 1. The van der Waals surface area contributed by atoms with Gasteiger partial charge < -0.3 is 9.84 Å². The molecule has 1 aromatic heterocycles. The quantitative estimate of drug-likeness (QED) is 0.281. The van der Waals surface area contributed by atoms with E-state index in [1.54, 1.807) is 11.3 Å². The monoisotopic (exact) mass is 510 g/mol. The average molecular weight is 511 g/mol. The van der Waals surface area contributed by atoms with Gasteiger partial charge in [-0.25, -0.2) is 0 Å². The van der Waals surface area contributed by atoms with Crippen molar-refractivity contribution in [1.29, 1.82) is 0 Å². The molecule has 0 amide bonds. The predicted molar refractivity (Wildman–Crippen MR) is 154 cm³/mol. The largest absolute Gasteiger partial charge is 0.490 e. The molecule has 190 valence electrons. The van der Waals surface area contributed by atoms with E-state index in [2.05, 4.69) is 99.4 Å². The van der Waals surface area contributed by atoms with Gasteiger partial charge in [0.1, 0.15) is 18.5 Å². The molecule has 1 N–H and O–H groups in total. The van der Waals surface area contributed by atoms with Crippen LogP contribution >= 0.6 is 11.3 Å². The van der Waals surface area contributed by atoms with Crippen molar-refractivity contribution in [3.8, 4) is 5.75 Å². The number of piperazine rings is 1. The first-order valence-electron chi connectivity index (χ1n) is 12.9. The molecule has 0 radical (unpaired) electrons. The van der Waals surface area contributed by atoms with Crippen LogP contribution in [0.4, 0.5) is 0 Å². The molecule has 1 atom stereocenters. The summed E-state index contributed by atoms with van der Waals surface area (Å²) in [5, 5.41) is 15.0. The first-order valence-corrected chi connectivity index (χ1v) is 13.9. The number of β-amino-alcohol motifs (C(OH)–C–C–N with tert-alkyl or cyclic N) is 1. The van der Waals surface area contributed by atoms with Crippen molar-refractivity contribution < 1.29 is 9.84 Å². The molecule has 1 unspecified atom stereocenters. The summed E-state index contributed by atoms with van der Waals surface area (Å²) in [5.74, 6) is 0.798. The van der Waals surface area contributed by atoms with Crippen LogP contribution < -0.4 is 4.74 Å². The van der Waals surface area contributed by atoms with Gasteiger partial charge in [0.15, 0.2) is 0 Å². The van der Waals surface area contributed by atoms with E-state index >= 15 is 0 Å². The molecule has 0 bridgehead atoms. The lowest BCUT2D eigenvalue weighted by Gasteiger charge is -2.40. The molecule has 5 rings (SSSR count). The van der Waals surface area contributed by atoms with Crippen LogP contribution in [0, 0.1) is 0 Å². The van der Waals surface area contributed by atoms with Crippen LogP contribution in [0.3, 0.4) is 0 Å². The van der Waals surface area contributed by atoms with E-state index in [1.165, 1.54) is 16.7 Å². The fraction of sp³-hybridized carbons (Fsp3) is 0.250. The Kier molecular flexibility index (Phi) is 8.82. The van der Waals surface area contributed by atoms with E-state index in [0.29, 0.717) is 6.54 Å². The van der Waals surface area contributed by atoms with Gasteiger partial charge in [-0.1, -0.05) is 91.0 Å². The zero-order valence-electron chi connectivity index (χ0n) is 21.0. The van der Waals surface area contributed by atoms with Crippen molar-refractivity contribution in [2.45, 2.75) is 12.1 Å². The molecule has 4 aromatic rings. The molecular weight excluding hydrogens is 476 g/mol. The van der Waals surface area contributed by atoms with Crippen LogP contribution in [0.15, 0.2) is 102 Å². The molecule has 0 aliphatic carbocycles. The van der Waals surface area contributed by atoms with Gasteiger partial charge >= 0.3 is 0 Å². The normalized spacial score (nSPS) is 15.8. The lowest BCUT2D eigenvalue weighted by Crippen LogP contribution is -2.50. The van der Waals surface area contributed by atoms with Crippen molar-refractivity contribution in [3.05, 3.63) is 124 Å². The number of para-hydroxylation sites is 1. The third kappa shape index (κ3) is 6.96. The molecule has 37 heavy (non-hydrogen) atoms. The highest BCUT2D eigenvalue weighted by Crippen LogP contribution is 2.29. The topological polar surface area (TPSA) is 35.9 Å². The number of aliphatic hydroxyl groups excluding tert-OH is 1. The standard InChI is InChI=1S/C32H34N2O2S/c35-30(24-36-31-14-8-7-9-27(31)16-15-26-17-22-37-25-26)23-33-18-20-34(21-19-33)32(28-10-3-1-4-11-28)29-12-5-2-6-13-29/h1-17,22,25,30,32,35H,18-21,23-24H2/b16-15+. The first kappa shape index (κ1) is 25.4. The number of rotatable bonds is 10. The summed E-state index contributed by atoms with van der Waals surface area (Å²) in [6.07, 6.45) is 3.62. The highest BCUT2D eigenvalue weighted by Gasteiger charge is 2.27. The van der Waals surface area contributed by atoms with E-state index in [4.69, 9.17) is 4.74 Å². The molecule has 0 spiro atoms. The van der Waals surface area contributed by atoms with Gasteiger partial charge in [0, 0.05) is 38.3 Å². The summed E-state index contributed by atoms with van der Waals surface area (Å²) in [5.41, 5.74) is 4.84. The molecule has 1 saturated heterocycles. The minimum atomic E-state index is -0.542. The smallest absolute Gasteiger partial charge is 0.126 e. The van der Waals surface area contributed by atoms with Crippen molar-refractivity contribution in [1.82, 2.24) is 9.80 Å². The molecule has 1 fully saturated rings. The Hall–Kier alpha value is -3.22. The van der Waals surface area contributed by atoms with E-state index in [1.807, 2.05) is 24.3 Å². The lowest BCUT2D eigenvalue weighted by molar-refractivity contribution is 0.0400. The minimum absolute atomic E-state index is 0.247. The van der Waals surface area contributed by atoms with Gasteiger partial charge in [-0.15, -0.1) is 0 Å². The average Bonchev–Trinajstić information content (AvgIpc) is 3.47. The van der Waals surface area contributed by atoms with E-state index < -0.39 is 6.10 Å². The van der Waals surface area contributed by atoms with Crippen LogP contribution in [0.5, 0.6) is 5.75 Å². The SMILES string of the molecule is OC(COc1ccccc1/C=C/c1ccsc1)CN1CCN(C(c2ccccc2)c2ccccc2)CC1. The highest BCUT2D eigenvalue weighted by molar-refractivity contribution is 7.08. The second-order valence-electron chi connectivity index (χ2n) is 9.45. The van der Waals surface area contributed by atoms with Gasteiger partial charge in [0.05, 0.1) is 6.04 Å². The zero-order chi connectivity index (χ0) is 25.3. The predicted octanol–water partition coefficient (Wildman–Crippen LogP) is 6.07. The summed E-state index contributed by atoms with van der Waals surface area (Å²) >= 11 is 1.69. The number of hydrogen-bond acceptors (Lipinski definition) is 5. The maximum absolute atomic E-state index is 10.8. The molecule has 0 saturated carbocycles. The summed E-state index contributed by atoms with van der Waals surface area (Å²) < 4.78 is 6.05. The molecule has 2 heterocycles. The Morgan fingerprint density at radius 1 is 0.784 bits per heavy atom. The van der Waals surface area contributed by atoms with Crippen molar-refractivity contribution in [3.63, 3.8) is 0 Å². The maximum Gasteiger partial charge on any atom is 0.126 e. The molecular formula is C32H34N2O2S. The Morgan fingerprint density at radius 2 is 1.43 bits per heavy atom. The van der Waals surface area contributed by atoms with Gasteiger partial charge in [0.25, 0.3) is 0 Å². The number of benzene rings is 3. The molecule has 5 heteroatoms. The van der Waals surface area contributed by atoms with Crippen LogP contribution in [0.2, 0.25) is 0 Å². The van der Waals surface area contributed by atoms with E-state index in [0.717, 1.165) is 37.5 Å². The summed E-state index contributed by atoms with van der Waals surface area (Å²) in [6.45, 7) is 4.65. The summed E-state index contributed by atoms with van der Waals surface area (Å²) in [7, 11) is 0. The molecule has 4 nitrogen and oxygen atoms in total. The Bertz CT molecular complexity index is 1200. The summed E-state index contributed by atoms with van der Waals surface area (Å²) in [4.78, 5) is 4.90.